The number of nitrogens with one attached hydrogen (secondary N) is 1. The number of hydrogen-bond donors (Lipinski definition) is 1. The molecule has 1 unspecified atom stereocenters. The Balaban J connectivity index is 1.67. The Bertz CT molecular complexity index is 662. The molecule has 24 heavy (non-hydrogen) atoms. The van der Waals surface area contributed by atoms with Crippen molar-refractivity contribution in [1.82, 2.24) is 9.62 Å². The van der Waals surface area contributed by atoms with Gasteiger partial charge < -0.3 is 5.32 Å². The van der Waals surface area contributed by atoms with Gasteiger partial charge in [-0.3, -0.25) is 4.79 Å². The van der Waals surface area contributed by atoms with E-state index in [4.69, 9.17) is 0 Å². The van der Waals surface area contributed by atoms with Gasteiger partial charge in [-0.15, -0.1) is 0 Å². The van der Waals surface area contributed by atoms with Crippen LogP contribution in [0.25, 0.3) is 0 Å². The van der Waals surface area contributed by atoms with Crippen molar-refractivity contribution in [3.05, 3.63) is 35.4 Å². The van der Waals surface area contributed by atoms with Crippen molar-refractivity contribution in [3.63, 3.8) is 0 Å². The molecule has 134 valence electrons. The first-order valence-electron chi connectivity index (χ1n) is 8.22. The summed E-state index contributed by atoms with van der Waals surface area (Å²) in [4.78, 5) is 12.2. The lowest BCUT2D eigenvalue weighted by Crippen LogP contribution is -2.45. The van der Waals surface area contributed by atoms with E-state index in [9.17, 15) is 13.2 Å². The molecule has 1 N–H and O–H groups in total. The lowest BCUT2D eigenvalue weighted by atomic mass is 9.99. The van der Waals surface area contributed by atoms with Gasteiger partial charge >= 0.3 is 0 Å². The molecular formula is C17H26N2O3S2. The molecule has 2 rings (SSSR count). The highest BCUT2D eigenvalue weighted by Crippen LogP contribution is 2.19. The third-order valence-corrected chi connectivity index (χ3v) is 6.42. The molecular weight excluding hydrogens is 344 g/mol. The van der Waals surface area contributed by atoms with Crippen LogP contribution in [-0.4, -0.2) is 50.3 Å². The fourth-order valence-corrected chi connectivity index (χ4v) is 4.56. The Morgan fingerprint density at radius 1 is 1.42 bits per heavy atom. The van der Waals surface area contributed by atoms with E-state index in [-0.39, 0.29) is 11.8 Å². The molecule has 0 radical (unpaired) electrons. The Hall–Kier alpha value is -1.05. The molecule has 1 aromatic rings. The molecule has 1 saturated heterocycles. The largest absolute Gasteiger partial charge is 0.355 e. The second-order valence-electron chi connectivity index (χ2n) is 6.29. The van der Waals surface area contributed by atoms with Gasteiger partial charge in [0, 0.05) is 31.1 Å². The molecule has 1 amide bonds. The Morgan fingerprint density at radius 2 is 2.21 bits per heavy atom. The van der Waals surface area contributed by atoms with Crippen LogP contribution in [-0.2, 0) is 20.6 Å². The van der Waals surface area contributed by atoms with Crippen LogP contribution in [0.5, 0.6) is 0 Å². The number of carbonyl (C=O) groups excluding carboxylic acids is 1. The molecule has 1 atom stereocenters. The SMILES string of the molecule is Cc1cccc(CSCCNC(=O)C2CCCN(S(C)(=O)=O)C2)c1. The van der Waals surface area contributed by atoms with Crippen molar-refractivity contribution in [1.29, 1.82) is 0 Å². The third-order valence-electron chi connectivity index (χ3n) is 4.12. The number of aryl methyl sites for hydroxylation is 1. The summed E-state index contributed by atoms with van der Waals surface area (Å²) in [6.45, 7) is 3.53. The number of benzene rings is 1. The molecule has 1 aliphatic heterocycles. The molecule has 0 saturated carbocycles. The molecule has 7 heteroatoms. The number of rotatable bonds is 7. The number of thioether (sulfide) groups is 1. The summed E-state index contributed by atoms with van der Waals surface area (Å²) >= 11 is 1.79. The summed E-state index contributed by atoms with van der Waals surface area (Å²) in [6, 6.07) is 8.43. The minimum absolute atomic E-state index is 0.0282. The molecule has 0 aliphatic carbocycles. The van der Waals surface area contributed by atoms with E-state index in [0.717, 1.165) is 24.3 Å². The maximum Gasteiger partial charge on any atom is 0.224 e. The zero-order valence-corrected chi connectivity index (χ0v) is 16.0. The fraction of sp³-hybridized carbons (Fsp3) is 0.588. The molecule has 1 aromatic carbocycles. The number of carbonyl (C=O) groups is 1. The van der Waals surface area contributed by atoms with E-state index < -0.39 is 10.0 Å². The Labute approximate surface area is 149 Å². The van der Waals surface area contributed by atoms with E-state index in [0.29, 0.717) is 19.6 Å². The fourth-order valence-electron chi connectivity index (χ4n) is 2.84. The Morgan fingerprint density at radius 3 is 2.92 bits per heavy atom. The highest BCUT2D eigenvalue weighted by atomic mass is 32.2. The predicted molar refractivity (Wildman–Crippen MR) is 99.5 cm³/mol. The lowest BCUT2D eigenvalue weighted by Gasteiger charge is -2.30. The van der Waals surface area contributed by atoms with Crippen LogP contribution >= 0.6 is 11.8 Å². The highest BCUT2D eigenvalue weighted by Gasteiger charge is 2.29. The van der Waals surface area contributed by atoms with Crippen molar-refractivity contribution in [2.24, 2.45) is 5.92 Å². The molecule has 0 bridgehead atoms. The van der Waals surface area contributed by atoms with Crippen molar-refractivity contribution in [2.75, 3.05) is 31.6 Å². The van der Waals surface area contributed by atoms with Gasteiger partial charge in [0.2, 0.25) is 15.9 Å². The minimum atomic E-state index is -3.21. The van der Waals surface area contributed by atoms with Crippen molar-refractivity contribution < 1.29 is 13.2 Å². The van der Waals surface area contributed by atoms with Crippen LogP contribution in [0.4, 0.5) is 0 Å². The molecule has 0 aromatic heterocycles. The summed E-state index contributed by atoms with van der Waals surface area (Å²) in [6.07, 6.45) is 2.71. The monoisotopic (exact) mass is 370 g/mol. The number of piperidine rings is 1. The van der Waals surface area contributed by atoms with Gasteiger partial charge in [-0.1, -0.05) is 29.8 Å². The molecule has 0 spiro atoms. The van der Waals surface area contributed by atoms with Crippen molar-refractivity contribution in [3.8, 4) is 0 Å². The predicted octanol–water partition coefficient (Wildman–Crippen LogP) is 2.02. The topological polar surface area (TPSA) is 66.5 Å². The maximum absolute atomic E-state index is 12.2. The van der Waals surface area contributed by atoms with Gasteiger partial charge in [0.05, 0.1) is 12.2 Å². The maximum atomic E-state index is 12.2. The van der Waals surface area contributed by atoms with Crippen LogP contribution in [0, 0.1) is 12.8 Å². The summed E-state index contributed by atoms with van der Waals surface area (Å²) in [7, 11) is -3.21. The van der Waals surface area contributed by atoms with Crippen LogP contribution in [0.3, 0.4) is 0 Å². The molecule has 1 fully saturated rings. The van der Waals surface area contributed by atoms with E-state index in [1.54, 1.807) is 11.8 Å². The van der Waals surface area contributed by atoms with Crippen molar-refractivity contribution >= 4 is 27.7 Å². The zero-order valence-electron chi connectivity index (χ0n) is 14.3. The second kappa shape index (κ2) is 8.87. The number of nitrogens with zero attached hydrogens (tertiary/aromatic N) is 1. The first-order valence-corrected chi connectivity index (χ1v) is 11.2. The standard InChI is InChI=1S/C17H26N2O3S2/c1-14-5-3-6-15(11-14)13-23-10-8-18-17(20)16-7-4-9-19(12-16)24(2,21)22/h3,5-6,11,16H,4,7-10,12-13H2,1-2H3,(H,18,20). The lowest BCUT2D eigenvalue weighted by molar-refractivity contribution is -0.125. The highest BCUT2D eigenvalue weighted by molar-refractivity contribution is 7.98. The smallest absolute Gasteiger partial charge is 0.224 e. The first-order chi connectivity index (χ1) is 11.4. The van der Waals surface area contributed by atoms with Gasteiger partial charge in [0.25, 0.3) is 0 Å². The number of hydrogen-bond acceptors (Lipinski definition) is 4. The van der Waals surface area contributed by atoms with Crippen LogP contribution in [0.2, 0.25) is 0 Å². The third kappa shape index (κ3) is 6.11. The van der Waals surface area contributed by atoms with E-state index in [1.165, 1.54) is 21.7 Å². The van der Waals surface area contributed by atoms with Gasteiger partial charge in [-0.25, -0.2) is 12.7 Å². The van der Waals surface area contributed by atoms with E-state index in [1.807, 2.05) is 0 Å². The van der Waals surface area contributed by atoms with E-state index >= 15 is 0 Å². The number of sulfonamides is 1. The summed E-state index contributed by atoms with van der Waals surface area (Å²) in [5.74, 6) is 1.53. The molecule has 1 heterocycles. The van der Waals surface area contributed by atoms with Crippen LogP contribution < -0.4 is 5.32 Å². The number of amides is 1. The minimum Gasteiger partial charge on any atom is -0.355 e. The van der Waals surface area contributed by atoms with Gasteiger partial charge in [0.15, 0.2) is 0 Å². The quantitative estimate of drug-likeness (QED) is 0.746. The van der Waals surface area contributed by atoms with Crippen LogP contribution in [0.1, 0.15) is 24.0 Å². The van der Waals surface area contributed by atoms with E-state index in [2.05, 4.69) is 36.5 Å². The normalized spacial score (nSPS) is 19.2. The van der Waals surface area contributed by atoms with Crippen molar-refractivity contribution in [2.45, 2.75) is 25.5 Å². The second-order valence-corrected chi connectivity index (χ2v) is 9.38. The molecule has 5 nitrogen and oxygen atoms in total. The Kier molecular flexibility index (Phi) is 7.13. The average molecular weight is 371 g/mol. The molecule has 1 aliphatic rings. The summed E-state index contributed by atoms with van der Waals surface area (Å²) in [5, 5.41) is 2.94. The first kappa shape index (κ1) is 19.3. The van der Waals surface area contributed by atoms with Gasteiger partial charge in [-0.05, 0) is 25.3 Å². The zero-order chi connectivity index (χ0) is 17.6. The van der Waals surface area contributed by atoms with Crippen LogP contribution in [0.15, 0.2) is 24.3 Å². The summed E-state index contributed by atoms with van der Waals surface area (Å²) < 4.78 is 24.6. The average Bonchev–Trinajstić information content (AvgIpc) is 2.54. The summed E-state index contributed by atoms with van der Waals surface area (Å²) in [5.41, 5.74) is 2.55. The van der Waals surface area contributed by atoms with Gasteiger partial charge in [0.1, 0.15) is 0 Å². The van der Waals surface area contributed by atoms with Gasteiger partial charge in [-0.2, -0.15) is 11.8 Å².